The summed E-state index contributed by atoms with van der Waals surface area (Å²) in [5.41, 5.74) is 5.43. The molecule has 24 heavy (non-hydrogen) atoms. The summed E-state index contributed by atoms with van der Waals surface area (Å²) >= 11 is 0. The topological polar surface area (TPSA) is 111 Å². The lowest BCUT2D eigenvalue weighted by Gasteiger charge is -2.21. The summed E-state index contributed by atoms with van der Waals surface area (Å²) in [4.78, 5) is 20.6. The van der Waals surface area contributed by atoms with Gasteiger partial charge in [-0.15, -0.1) is 0 Å². The Morgan fingerprint density at radius 1 is 1.46 bits per heavy atom. The molecule has 2 fully saturated rings. The van der Waals surface area contributed by atoms with Crippen molar-refractivity contribution < 1.29 is 9.34 Å². The fraction of sp³-hybridized carbons (Fsp3) is 0.500. The molecule has 0 unspecified atom stereocenters. The van der Waals surface area contributed by atoms with Crippen molar-refractivity contribution in [3.63, 3.8) is 0 Å². The molecule has 8 heteroatoms. The van der Waals surface area contributed by atoms with Crippen LogP contribution in [0.1, 0.15) is 43.6 Å². The number of anilines is 2. The van der Waals surface area contributed by atoms with Gasteiger partial charge >= 0.3 is 5.69 Å². The van der Waals surface area contributed by atoms with Gasteiger partial charge in [0.25, 0.3) is 0 Å². The molecular formula is C16H19N5O3. The number of furan rings is 1. The average molecular weight is 329 g/mol. The minimum Gasteiger partial charge on any atom is -0.464 e. The second kappa shape index (κ2) is 5.47. The smallest absolute Gasteiger partial charge is 0.329 e. The van der Waals surface area contributed by atoms with Crippen molar-refractivity contribution in [3.05, 3.63) is 40.0 Å². The van der Waals surface area contributed by atoms with Crippen molar-refractivity contribution in [2.24, 2.45) is 5.92 Å². The van der Waals surface area contributed by atoms with Crippen LogP contribution in [-0.2, 0) is 6.54 Å². The number of hydrogen-bond donors (Lipinski definition) is 1. The molecule has 0 aromatic carbocycles. The lowest BCUT2D eigenvalue weighted by atomic mass is 10.3. The Labute approximate surface area is 138 Å². The summed E-state index contributed by atoms with van der Waals surface area (Å²) in [6.45, 7) is 2.76. The number of nitro groups is 1. The SMILES string of the molecule is C[C@@H]1C[C@@H]1c1ccc(CN(c2ncc([N+](=O)[O-])c(N)n2)C2CC2)o1. The number of aromatic nitrogens is 2. The van der Waals surface area contributed by atoms with Crippen molar-refractivity contribution in [1.29, 1.82) is 0 Å². The summed E-state index contributed by atoms with van der Waals surface area (Å²) in [6, 6.07) is 4.36. The van der Waals surface area contributed by atoms with Crippen molar-refractivity contribution in [2.45, 2.75) is 44.7 Å². The Morgan fingerprint density at radius 3 is 2.79 bits per heavy atom. The predicted octanol–water partition coefficient (Wildman–Crippen LogP) is 2.85. The van der Waals surface area contributed by atoms with E-state index in [0.29, 0.717) is 30.4 Å². The van der Waals surface area contributed by atoms with Gasteiger partial charge in [-0.2, -0.15) is 4.98 Å². The summed E-state index contributed by atoms with van der Waals surface area (Å²) < 4.78 is 5.96. The van der Waals surface area contributed by atoms with Gasteiger partial charge in [0.15, 0.2) is 0 Å². The molecule has 0 amide bonds. The van der Waals surface area contributed by atoms with E-state index in [9.17, 15) is 10.1 Å². The highest BCUT2D eigenvalue weighted by molar-refractivity contribution is 5.54. The summed E-state index contributed by atoms with van der Waals surface area (Å²) in [5.74, 6) is 3.44. The molecule has 0 saturated heterocycles. The molecule has 2 aromatic heterocycles. The van der Waals surface area contributed by atoms with Crippen LogP contribution in [0.2, 0.25) is 0 Å². The zero-order valence-corrected chi connectivity index (χ0v) is 13.4. The number of nitrogens with two attached hydrogens (primary N) is 1. The third-order valence-corrected chi connectivity index (χ3v) is 4.71. The van der Waals surface area contributed by atoms with Crippen LogP contribution in [0, 0.1) is 16.0 Å². The minimum absolute atomic E-state index is 0.109. The molecule has 8 nitrogen and oxygen atoms in total. The third-order valence-electron chi connectivity index (χ3n) is 4.71. The zero-order chi connectivity index (χ0) is 16.8. The van der Waals surface area contributed by atoms with E-state index < -0.39 is 4.92 Å². The Balaban J connectivity index is 1.55. The third kappa shape index (κ3) is 2.79. The van der Waals surface area contributed by atoms with Crippen LogP contribution in [-0.4, -0.2) is 20.9 Å². The maximum Gasteiger partial charge on any atom is 0.329 e. The van der Waals surface area contributed by atoms with Crippen LogP contribution in [0.25, 0.3) is 0 Å². The van der Waals surface area contributed by atoms with Gasteiger partial charge < -0.3 is 15.1 Å². The van der Waals surface area contributed by atoms with Crippen LogP contribution in [0.3, 0.4) is 0 Å². The van der Waals surface area contributed by atoms with Gasteiger partial charge in [0.2, 0.25) is 11.8 Å². The van der Waals surface area contributed by atoms with Gasteiger partial charge in [0, 0.05) is 12.0 Å². The Bertz CT molecular complexity index is 786. The maximum absolute atomic E-state index is 10.9. The summed E-state index contributed by atoms with van der Waals surface area (Å²) in [7, 11) is 0. The molecule has 2 heterocycles. The fourth-order valence-electron chi connectivity index (χ4n) is 2.97. The molecule has 0 aliphatic heterocycles. The molecule has 0 spiro atoms. The summed E-state index contributed by atoms with van der Waals surface area (Å²) in [6.07, 6.45) is 4.45. The quantitative estimate of drug-likeness (QED) is 0.640. The van der Waals surface area contributed by atoms with Gasteiger partial charge in [-0.05, 0) is 37.3 Å². The minimum atomic E-state index is -0.573. The van der Waals surface area contributed by atoms with Gasteiger partial charge in [-0.25, -0.2) is 4.98 Å². The first-order valence-electron chi connectivity index (χ1n) is 8.15. The molecule has 126 valence electrons. The second-order valence-corrected chi connectivity index (χ2v) is 6.68. The molecule has 0 bridgehead atoms. The van der Waals surface area contributed by atoms with E-state index >= 15 is 0 Å². The first kappa shape index (κ1) is 14.9. The number of rotatable bonds is 6. The molecule has 2 N–H and O–H groups in total. The van der Waals surface area contributed by atoms with E-state index in [2.05, 4.69) is 16.9 Å². The lowest BCUT2D eigenvalue weighted by Crippen LogP contribution is -2.27. The number of nitrogens with zero attached hydrogens (tertiary/aromatic N) is 4. The summed E-state index contributed by atoms with van der Waals surface area (Å²) in [5, 5.41) is 10.9. The monoisotopic (exact) mass is 329 g/mol. The van der Waals surface area contributed by atoms with Crippen LogP contribution in [0.4, 0.5) is 17.5 Å². The highest BCUT2D eigenvalue weighted by Crippen LogP contribution is 2.47. The predicted molar refractivity (Wildman–Crippen MR) is 87.5 cm³/mol. The van der Waals surface area contributed by atoms with E-state index in [-0.39, 0.29) is 11.5 Å². The van der Waals surface area contributed by atoms with Crippen LogP contribution < -0.4 is 10.6 Å². The zero-order valence-electron chi connectivity index (χ0n) is 13.4. The van der Waals surface area contributed by atoms with Gasteiger partial charge in [0.1, 0.15) is 17.7 Å². The average Bonchev–Trinajstić information content (AvgIpc) is 3.45. The fourth-order valence-corrected chi connectivity index (χ4v) is 2.97. The van der Waals surface area contributed by atoms with E-state index in [1.54, 1.807) is 0 Å². The molecule has 2 aromatic rings. The first-order chi connectivity index (χ1) is 11.5. The highest BCUT2D eigenvalue weighted by atomic mass is 16.6. The Hall–Kier alpha value is -2.64. The van der Waals surface area contributed by atoms with Crippen LogP contribution >= 0.6 is 0 Å². The maximum atomic E-state index is 10.9. The molecule has 2 aliphatic carbocycles. The molecule has 4 rings (SSSR count). The van der Waals surface area contributed by atoms with Gasteiger partial charge in [-0.3, -0.25) is 10.1 Å². The molecule has 2 aliphatic rings. The molecule has 0 radical (unpaired) electrons. The van der Waals surface area contributed by atoms with E-state index in [0.717, 1.165) is 24.4 Å². The second-order valence-electron chi connectivity index (χ2n) is 6.68. The van der Waals surface area contributed by atoms with Crippen molar-refractivity contribution >= 4 is 17.5 Å². The van der Waals surface area contributed by atoms with Gasteiger partial charge in [-0.1, -0.05) is 6.92 Å². The lowest BCUT2D eigenvalue weighted by molar-refractivity contribution is -0.384. The van der Waals surface area contributed by atoms with Gasteiger partial charge in [0.05, 0.1) is 11.5 Å². The van der Waals surface area contributed by atoms with Crippen molar-refractivity contribution in [2.75, 3.05) is 10.6 Å². The number of hydrogen-bond acceptors (Lipinski definition) is 7. The van der Waals surface area contributed by atoms with Crippen LogP contribution in [0.15, 0.2) is 22.7 Å². The van der Waals surface area contributed by atoms with Crippen LogP contribution in [0.5, 0.6) is 0 Å². The van der Waals surface area contributed by atoms with Crippen molar-refractivity contribution in [1.82, 2.24) is 9.97 Å². The normalized spacial score (nSPS) is 22.4. The Kier molecular flexibility index (Phi) is 3.40. The van der Waals surface area contributed by atoms with Crippen molar-refractivity contribution in [3.8, 4) is 0 Å². The standard InChI is InChI=1S/C16H19N5O3/c1-9-6-12(9)14-5-4-11(24-14)8-20(10-2-3-10)16-18-7-13(21(22)23)15(17)19-16/h4-5,7,9-10,12H,2-3,6,8H2,1H3,(H2,17,18,19)/t9-,12+/m1/s1. The molecular weight excluding hydrogens is 310 g/mol. The Morgan fingerprint density at radius 2 is 2.21 bits per heavy atom. The largest absolute Gasteiger partial charge is 0.464 e. The van der Waals surface area contributed by atoms with E-state index in [1.807, 2.05) is 17.0 Å². The molecule has 2 saturated carbocycles. The molecule has 2 atom stereocenters. The van der Waals surface area contributed by atoms with E-state index in [1.165, 1.54) is 12.6 Å². The number of nitrogen functional groups attached to an aromatic ring is 1. The van der Waals surface area contributed by atoms with E-state index in [4.69, 9.17) is 10.2 Å². The highest BCUT2D eigenvalue weighted by Gasteiger charge is 2.37. The first-order valence-corrected chi connectivity index (χ1v) is 8.15.